The van der Waals surface area contributed by atoms with Crippen molar-refractivity contribution in [1.82, 2.24) is 4.90 Å². The number of hydrogen-bond acceptors (Lipinski definition) is 3. The number of aliphatic carboxylic acids is 1. The standard InChI is InChI=1S/C16H19NO4/c1-11-4-5-13(9-12(11)6-7-15(19)20)16(21)17-8-2-3-14(18)10-17/h4-7,9,14,18H,2-3,8,10H2,1H3,(H,19,20)/b7-6+. The predicted molar refractivity (Wildman–Crippen MR) is 79.0 cm³/mol. The maximum absolute atomic E-state index is 12.4. The molecule has 21 heavy (non-hydrogen) atoms. The average molecular weight is 289 g/mol. The fourth-order valence-corrected chi connectivity index (χ4v) is 2.44. The molecule has 1 atom stereocenters. The smallest absolute Gasteiger partial charge is 0.328 e. The molecular formula is C16H19NO4. The summed E-state index contributed by atoms with van der Waals surface area (Å²) in [5.74, 6) is -1.15. The molecule has 0 saturated carbocycles. The minimum Gasteiger partial charge on any atom is -0.478 e. The SMILES string of the molecule is Cc1ccc(C(=O)N2CCCC(O)C2)cc1/C=C/C(=O)O. The first-order valence-corrected chi connectivity index (χ1v) is 6.96. The summed E-state index contributed by atoms with van der Waals surface area (Å²) in [5.41, 5.74) is 2.13. The van der Waals surface area contributed by atoms with Gasteiger partial charge in [-0.05, 0) is 49.1 Å². The molecule has 5 nitrogen and oxygen atoms in total. The zero-order valence-corrected chi connectivity index (χ0v) is 12.0. The molecule has 1 unspecified atom stereocenters. The number of aryl methyl sites for hydroxylation is 1. The lowest BCUT2D eigenvalue weighted by Gasteiger charge is -2.30. The number of likely N-dealkylation sites (tertiary alicyclic amines) is 1. The lowest BCUT2D eigenvalue weighted by molar-refractivity contribution is -0.131. The Bertz CT molecular complexity index is 580. The molecule has 2 N–H and O–H groups in total. The van der Waals surface area contributed by atoms with Gasteiger partial charge in [-0.1, -0.05) is 6.07 Å². The molecule has 5 heteroatoms. The van der Waals surface area contributed by atoms with E-state index in [1.807, 2.05) is 6.92 Å². The van der Waals surface area contributed by atoms with Gasteiger partial charge in [-0.25, -0.2) is 4.79 Å². The van der Waals surface area contributed by atoms with Gasteiger partial charge in [0.1, 0.15) is 0 Å². The Morgan fingerprint density at radius 3 is 2.81 bits per heavy atom. The first-order chi connectivity index (χ1) is 9.97. The molecule has 1 aromatic carbocycles. The summed E-state index contributed by atoms with van der Waals surface area (Å²) in [6, 6.07) is 5.23. The van der Waals surface area contributed by atoms with Gasteiger partial charge in [0.15, 0.2) is 0 Å². The minimum absolute atomic E-state index is 0.126. The second kappa shape index (κ2) is 6.54. The number of aliphatic hydroxyl groups is 1. The van der Waals surface area contributed by atoms with Gasteiger partial charge in [0.2, 0.25) is 0 Å². The molecule has 0 aromatic heterocycles. The van der Waals surface area contributed by atoms with Crippen molar-refractivity contribution in [2.75, 3.05) is 13.1 Å². The molecule has 0 bridgehead atoms. The molecule has 0 aliphatic carbocycles. The fourth-order valence-electron chi connectivity index (χ4n) is 2.44. The highest BCUT2D eigenvalue weighted by Gasteiger charge is 2.23. The Hall–Kier alpha value is -2.14. The summed E-state index contributed by atoms with van der Waals surface area (Å²) < 4.78 is 0. The van der Waals surface area contributed by atoms with Crippen molar-refractivity contribution < 1.29 is 19.8 Å². The Labute approximate surface area is 123 Å². The highest BCUT2D eigenvalue weighted by Crippen LogP contribution is 2.17. The molecule has 0 radical (unpaired) electrons. The first-order valence-electron chi connectivity index (χ1n) is 6.96. The first kappa shape index (κ1) is 15.3. The van der Waals surface area contributed by atoms with Gasteiger partial charge >= 0.3 is 5.97 Å². The van der Waals surface area contributed by atoms with E-state index in [1.165, 1.54) is 6.08 Å². The lowest BCUT2D eigenvalue weighted by Crippen LogP contribution is -2.42. The van der Waals surface area contributed by atoms with Gasteiger partial charge in [-0.2, -0.15) is 0 Å². The number of rotatable bonds is 3. The lowest BCUT2D eigenvalue weighted by atomic mass is 10.0. The Morgan fingerprint density at radius 1 is 1.38 bits per heavy atom. The van der Waals surface area contributed by atoms with Gasteiger partial charge in [0.25, 0.3) is 5.91 Å². The number of carbonyl (C=O) groups is 2. The van der Waals surface area contributed by atoms with Crippen LogP contribution in [0.2, 0.25) is 0 Å². The Morgan fingerprint density at radius 2 is 2.14 bits per heavy atom. The van der Waals surface area contributed by atoms with Gasteiger partial charge in [0, 0.05) is 24.7 Å². The zero-order chi connectivity index (χ0) is 15.4. The van der Waals surface area contributed by atoms with Crippen molar-refractivity contribution in [3.63, 3.8) is 0 Å². The van der Waals surface area contributed by atoms with Crippen LogP contribution in [0.4, 0.5) is 0 Å². The van der Waals surface area contributed by atoms with Gasteiger partial charge < -0.3 is 15.1 Å². The number of piperidine rings is 1. The van der Waals surface area contributed by atoms with E-state index in [0.717, 1.165) is 24.5 Å². The van der Waals surface area contributed by atoms with Crippen LogP contribution < -0.4 is 0 Å². The summed E-state index contributed by atoms with van der Waals surface area (Å²) in [6.07, 6.45) is 3.61. The molecule has 1 fully saturated rings. The molecule has 1 saturated heterocycles. The fraction of sp³-hybridized carbons (Fsp3) is 0.375. The summed E-state index contributed by atoms with van der Waals surface area (Å²) in [6.45, 7) is 2.86. The van der Waals surface area contributed by atoms with E-state index >= 15 is 0 Å². The van der Waals surface area contributed by atoms with Crippen molar-refractivity contribution in [2.24, 2.45) is 0 Å². The number of carboxylic acid groups (broad SMARTS) is 1. The zero-order valence-electron chi connectivity index (χ0n) is 12.0. The number of carboxylic acids is 1. The summed E-state index contributed by atoms with van der Waals surface area (Å²) in [4.78, 5) is 24.7. The highest BCUT2D eigenvalue weighted by atomic mass is 16.4. The number of benzene rings is 1. The molecule has 1 heterocycles. The number of hydrogen-bond donors (Lipinski definition) is 2. The quantitative estimate of drug-likeness (QED) is 0.830. The summed E-state index contributed by atoms with van der Waals surface area (Å²) in [7, 11) is 0. The normalized spacial score (nSPS) is 19.0. The van der Waals surface area contributed by atoms with Crippen LogP contribution in [0.1, 0.15) is 34.3 Å². The number of β-amino-alcohol motifs (C(OH)–C–C–N with tert-alkyl or cyclic N) is 1. The molecule has 112 valence electrons. The van der Waals surface area contributed by atoms with Crippen LogP contribution >= 0.6 is 0 Å². The second-order valence-electron chi connectivity index (χ2n) is 5.29. The predicted octanol–water partition coefficient (Wildman–Crippen LogP) is 1.69. The summed E-state index contributed by atoms with van der Waals surface area (Å²) >= 11 is 0. The van der Waals surface area contributed by atoms with E-state index < -0.39 is 12.1 Å². The third kappa shape index (κ3) is 3.92. The third-order valence-corrected chi connectivity index (χ3v) is 3.62. The number of nitrogens with zero attached hydrogens (tertiary/aromatic N) is 1. The van der Waals surface area contributed by atoms with Crippen LogP contribution in [0.5, 0.6) is 0 Å². The number of carbonyl (C=O) groups excluding carboxylic acids is 1. The topological polar surface area (TPSA) is 77.8 Å². The van der Waals surface area contributed by atoms with Crippen molar-refractivity contribution >= 4 is 18.0 Å². The van der Waals surface area contributed by atoms with Gasteiger partial charge in [-0.15, -0.1) is 0 Å². The maximum Gasteiger partial charge on any atom is 0.328 e. The van der Waals surface area contributed by atoms with Crippen molar-refractivity contribution in [3.8, 4) is 0 Å². The van der Waals surface area contributed by atoms with Crippen molar-refractivity contribution in [3.05, 3.63) is 41.0 Å². The molecule has 1 amide bonds. The molecule has 0 spiro atoms. The maximum atomic E-state index is 12.4. The third-order valence-electron chi connectivity index (χ3n) is 3.62. The van der Waals surface area contributed by atoms with E-state index in [4.69, 9.17) is 5.11 Å². The minimum atomic E-state index is -1.02. The number of amides is 1. The molecule has 1 aliphatic heterocycles. The van der Waals surface area contributed by atoms with Crippen LogP contribution in [-0.4, -0.2) is 46.2 Å². The molecule has 1 aromatic rings. The van der Waals surface area contributed by atoms with Crippen LogP contribution in [0.25, 0.3) is 6.08 Å². The molecule has 2 rings (SSSR count). The van der Waals surface area contributed by atoms with E-state index in [9.17, 15) is 14.7 Å². The van der Waals surface area contributed by atoms with Crippen LogP contribution in [0.3, 0.4) is 0 Å². The van der Waals surface area contributed by atoms with E-state index in [1.54, 1.807) is 23.1 Å². The van der Waals surface area contributed by atoms with Gasteiger partial charge in [-0.3, -0.25) is 4.79 Å². The van der Waals surface area contributed by atoms with Crippen molar-refractivity contribution in [2.45, 2.75) is 25.9 Å². The van der Waals surface area contributed by atoms with Crippen LogP contribution in [0.15, 0.2) is 24.3 Å². The largest absolute Gasteiger partial charge is 0.478 e. The van der Waals surface area contributed by atoms with E-state index in [-0.39, 0.29) is 5.91 Å². The van der Waals surface area contributed by atoms with E-state index in [2.05, 4.69) is 0 Å². The second-order valence-corrected chi connectivity index (χ2v) is 5.29. The van der Waals surface area contributed by atoms with Crippen LogP contribution in [0, 0.1) is 6.92 Å². The Balaban J connectivity index is 2.21. The monoisotopic (exact) mass is 289 g/mol. The average Bonchev–Trinajstić information content (AvgIpc) is 2.45. The summed E-state index contributed by atoms with van der Waals surface area (Å²) in [5, 5.41) is 18.3. The van der Waals surface area contributed by atoms with Gasteiger partial charge in [0.05, 0.1) is 6.10 Å². The molecular weight excluding hydrogens is 270 g/mol. The highest BCUT2D eigenvalue weighted by molar-refractivity contribution is 5.95. The van der Waals surface area contributed by atoms with Crippen molar-refractivity contribution in [1.29, 1.82) is 0 Å². The number of aliphatic hydroxyl groups excluding tert-OH is 1. The Kier molecular flexibility index (Phi) is 4.75. The molecule has 1 aliphatic rings. The van der Waals surface area contributed by atoms with Crippen LogP contribution in [-0.2, 0) is 4.79 Å². The van der Waals surface area contributed by atoms with E-state index in [0.29, 0.717) is 24.2 Å².